The van der Waals surface area contributed by atoms with Crippen molar-refractivity contribution in [3.8, 4) is 0 Å². The highest BCUT2D eigenvalue weighted by Gasteiger charge is 2.26. The van der Waals surface area contributed by atoms with Crippen LogP contribution in [0.1, 0.15) is 6.42 Å². The van der Waals surface area contributed by atoms with Gasteiger partial charge in [-0.2, -0.15) is 0 Å². The minimum Gasteiger partial charge on any atom is -0.314 e. The third-order valence-corrected chi connectivity index (χ3v) is 7.92. The zero-order valence-corrected chi connectivity index (χ0v) is 16.4. The second kappa shape index (κ2) is 7.40. The monoisotopic (exact) mass is 478 g/mol. The number of rotatable bonds is 5. The van der Waals surface area contributed by atoms with Crippen LogP contribution in [0.4, 0.5) is 0 Å². The van der Waals surface area contributed by atoms with Crippen LogP contribution < -0.4 is 10.6 Å². The van der Waals surface area contributed by atoms with Crippen LogP contribution in [0.2, 0.25) is 0 Å². The van der Waals surface area contributed by atoms with E-state index in [9.17, 15) is 4.57 Å². The number of alkyl halides is 1. The van der Waals surface area contributed by atoms with Crippen LogP contribution in [0.15, 0.2) is 57.5 Å². The fourth-order valence-corrected chi connectivity index (χ4v) is 5.98. The zero-order valence-electron chi connectivity index (χ0n) is 10.7. The van der Waals surface area contributed by atoms with Gasteiger partial charge in [0.15, 0.2) is 0 Å². The molecular formula is C15H14Br3OP. The molecule has 0 fully saturated rings. The van der Waals surface area contributed by atoms with Crippen LogP contribution in [-0.2, 0) is 4.57 Å². The number of halogens is 3. The van der Waals surface area contributed by atoms with E-state index < -0.39 is 7.14 Å². The molecule has 0 radical (unpaired) electrons. The van der Waals surface area contributed by atoms with Crippen LogP contribution in [0, 0.1) is 0 Å². The summed E-state index contributed by atoms with van der Waals surface area (Å²) in [5.41, 5.74) is 0. The van der Waals surface area contributed by atoms with Gasteiger partial charge in [-0.3, -0.25) is 0 Å². The Kier molecular flexibility index (Phi) is 6.09. The minimum atomic E-state index is -2.55. The van der Waals surface area contributed by atoms with E-state index in [0.29, 0.717) is 6.16 Å². The summed E-state index contributed by atoms with van der Waals surface area (Å²) in [4.78, 5) is 0. The SMILES string of the molecule is O=P(CCCBr)(c1ccc(Br)cc1)c1ccc(Br)cc1. The molecule has 0 unspecified atom stereocenters. The van der Waals surface area contributed by atoms with Gasteiger partial charge in [0.25, 0.3) is 0 Å². The molecule has 1 nitrogen and oxygen atoms in total. The van der Waals surface area contributed by atoms with Gasteiger partial charge in [-0.1, -0.05) is 72.1 Å². The Labute approximate surface area is 144 Å². The fourth-order valence-electron chi connectivity index (χ4n) is 2.05. The average Bonchev–Trinajstić information content (AvgIpc) is 2.46. The maximum absolute atomic E-state index is 13.5. The lowest BCUT2D eigenvalue weighted by molar-refractivity contribution is 0.586. The summed E-state index contributed by atoms with van der Waals surface area (Å²) in [6.07, 6.45) is 1.57. The summed E-state index contributed by atoms with van der Waals surface area (Å²) in [5, 5.41) is 2.71. The van der Waals surface area contributed by atoms with Crippen LogP contribution in [0.3, 0.4) is 0 Å². The lowest BCUT2D eigenvalue weighted by atomic mass is 10.4. The number of hydrogen-bond acceptors (Lipinski definition) is 1. The van der Waals surface area contributed by atoms with Gasteiger partial charge in [0, 0.05) is 31.0 Å². The van der Waals surface area contributed by atoms with E-state index in [2.05, 4.69) is 47.8 Å². The van der Waals surface area contributed by atoms with Crippen molar-refractivity contribution in [1.82, 2.24) is 0 Å². The molecule has 2 aromatic rings. The van der Waals surface area contributed by atoms with E-state index in [1.165, 1.54) is 0 Å². The second-order valence-electron chi connectivity index (χ2n) is 4.46. The first-order chi connectivity index (χ1) is 9.56. The molecule has 0 spiro atoms. The summed E-state index contributed by atoms with van der Waals surface area (Å²) in [6.45, 7) is 0. The Hall–Kier alpha value is 0.110. The van der Waals surface area contributed by atoms with Gasteiger partial charge >= 0.3 is 0 Å². The van der Waals surface area contributed by atoms with Gasteiger partial charge in [-0.05, 0) is 30.7 Å². The van der Waals surface area contributed by atoms with E-state index in [1.807, 2.05) is 48.5 Å². The van der Waals surface area contributed by atoms with E-state index in [4.69, 9.17) is 0 Å². The lowest BCUT2D eigenvalue weighted by Gasteiger charge is -2.19. The highest BCUT2D eigenvalue weighted by atomic mass is 79.9. The Bertz CT molecular complexity index is 559. The molecule has 0 aliphatic carbocycles. The summed E-state index contributed by atoms with van der Waals surface area (Å²) in [7, 11) is -2.55. The molecule has 0 aliphatic heterocycles. The van der Waals surface area contributed by atoms with Crippen LogP contribution in [0.25, 0.3) is 0 Å². The molecule has 0 aliphatic rings. The largest absolute Gasteiger partial charge is 0.314 e. The van der Waals surface area contributed by atoms with Gasteiger partial charge in [0.05, 0.1) is 0 Å². The smallest absolute Gasteiger partial charge is 0.143 e. The van der Waals surface area contributed by atoms with E-state index in [0.717, 1.165) is 31.3 Å². The summed E-state index contributed by atoms with van der Waals surface area (Å²) < 4.78 is 15.6. The minimum absolute atomic E-state index is 0.682. The predicted octanol–water partition coefficient (Wildman–Crippen LogP) is 5.31. The Morgan fingerprint density at radius 1 is 0.800 bits per heavy atom. The third-order valence-electron chi connectivity index (χ3n) is 3.09. The Morgan fingerprint density at radius 3 is 1.55 bits per heavy atom. The molecule has 0 saturated heterocycles. The van der Waals surface area contributed by atoms with Crippen molar-refractivity contribution in [3.05, 3.63) is 57.5 Å². The first kappa shape index (κ1) is 16.5. The highest BCUT2D eigenvalue weighted by Crippen LogP contribution is 2.44. The maximum Gasteiger partial charge on any atom is 0.143 e. The van der Waals surface area contributed by atoms with Crippen molar-refractivity contribution in [2.75, 3.05) is 11.5 Å². The molecule has 20 heavy (non-hydrogen) atoms. The molecule has 106 valence electrons. The number of hydrogen-bond donors (Lipinski definition) is 0. The van der Waals surface area contributed by atoms with Crippen molar-refractivity contribution >= 4 is 65.5 Å². The van der Waals surface area contributed by atoms with E-state index in [-0.39, 0.29) is 0 Å². The molecule has 0 amide bonds. The summed E-state index contributed by atoms with van der Waals surface area (Å²) in [6, 6.07) is 15.7. The van der Waals surface area contributed by atoms with Gasteiger partial charge < -0.3 is 4.57 Å². The van der Waals surface area contributed by atoms with E-state index >= 15 is 0 Å². The first-order valence-electron chi connectivity index (χ1n) is 6.23. The standard InChI is InChI=1S/C15H14Br3OP/c16-10-1-11-20(19,14-6-2-12(17)3-7-14)15-8-4-13(18)5-9-15/h2-9H,1,10-11H2. The molecule has 0 bridgehead atoms. The molecular weight excluding hydrogens is 467 g/mol. The highest BCUT2D eigenvalue weighted by molar-refractivity contribution is 9.10. The molecule has 2 aromatic carbocycles. The van der Waals surface area contributed by atoms with Gasteiger partial charge in [-0.15, -0.1) is 0 Å². The predicted molar refractivity (Wildman–Crippen MR) is 98.4 cm³/mol. The summed E-state index contributed by atoms with van der Waals surface area (Å²) in [5.74, 6) is 0. The Balaban J connectivity index is 2.47. The van der Waals surface area contributed by atoms with Gasteiger partial charge in [0.2, 0.25) is 0 Å². The fraction of sp³-hybridized carbons (Fsp3) is 0.200. The molecule has 0 heterocycles. The zero-order chi connectivity index (χ0) is 14.6. The van der Waals surface area contributed by atoms with Crippen LogP contribution >= 0.6 is 54.9 Å². The van der Waals surface area contributed by atoms with Crippen LogP contribution in [0.5, 0.6) is 0 Å². The van der Waals surface area contributed by atoms with Gasteiger partial charge in [-0.25, -0.2) is 0 Å². The Morgan fingerprint density at radius 2 is 1.20 bits per heavy atom. The molecule has 0 aromatic heterocycles. The number of benzene rings is 2. The average molecular weight is 481 g/mol. The normalized spacial score (nSPS) is 11.6. The van der Waals surface area contributed by atoms with Crippen molar-refractivity contribution in [3.63, 3.8) is 0 Å². The molecule has 0 atom stereocenters. The van der Waals surface area contributed by atoms with E-state index in [1.54, 1.807) is 0 Å². The molecule has 2 rings (SSSR count). The van der Waals surface area contributed by atoms with Crippen molar-refractivity contribution < 1.29 is 4.57 Å². The topological polar surface area (TPSA) is 17.1 Å². The second-order valence-corrected chi connectivity index (χ2v) is 10.0. The van der Waals surface area contributed by atoms with Crippen molar-refractivity contribution in [2.45, 2.75) is 6.42 Å². The molecule has 0 N–H and O–H groups in total. The maximum atomic E-state index is 13.5. The molecule has 5 heteroatoms. The third kappa shape index (κ3) is 3.85. The van der Waals surface area contributed by atoms with Crippen molar-refractivity contribution in [1.29, 1.82) is 0 Å². The van der Waals surface area contributed by atoms with Crippen molar-refractivity contribution in [2.24, 2.45) is 0 Å². The van der Waals surface area contributed by atoms with Crippen LogP contribution in [-0.4, -0.2) is 11.5 Å². The molecule has 0 saturated carbocycles. The van der Waals surface area contributed by atoms with Gasteiger partial charge in [0.1, 0.15) is 7.14 Å². The first-order valence-corrected chi connectivity index (χ1v) is 10.8. The quantitative estimate of drug-likeness (QED) is 0.418. The lowest BCUT2D eigenvalue weighted by Crippen LogP contribution is -2.18. The summed E-state index contributed by atoms with van der Waals surface area (Å²) >= 11 is 10.3.